The third-order valence-electron chi connectivity index (χ3n) is 6.29. The zero-order chi connectivity index (χ0) is 15.5. The van der Waals surface area contributed by atoms with Crippen LogP contribution in [-0.4, -0.2) is 5.25 Å². The van der Waals surface area contributed by atoms with E-state index in [0.29, 0.717) is 5.25 Å². The van der Waals surface area contributed by atoms with Gasteiger partial charge in [0.15, 0.2) is 0 Å². The highest BCUT2D eigenvalue weighted by atomic mass is 32.1. The smallest absolute Gasteiger partial charge is 0.00168 e. The summed E-state index contributed by atoms with van der Waals surface area (Å²) in [6.07, 6.45) is 26.6. The van der Waals surface area contributed by atoms with Crippen LogP contribution in [0.5, 0.6) is 0 Å². The molecule has 2 aliphatic carbocycles. The summed E-state index contributed by atoms with van der Waals surface area (Å²) in [5, 5.41) is 0.681. The second kappa shape index (κ2) is 11.8. The zero-order valence-corrected chi connectivity index (χ0v) is 15.8. The Morgan fingerprint density at radius 2 is 0.682 bits per heavy atom. The summed E-state index contributed by atoms with van der Waals surface area (Å²) in [4.78, 5) is 0. The lowest BCUT2D eigenvalue weighted by Gasteiger charge is -2.28. The third-order valence-corrected chi connectivity index (χ3v) is 6.81. The molecule has 0 bridgehead atoms. The summed E-state index contributed by atoms with van der Waals surface area (Å²) in [7, 11) is 0. The molecule has 0 saturated heterocycles. The molecule has 0 aromatic heterocycles. The van der Waals surface area contributed by atoms with E-state index in [1.54, 1.807) is 0 Å². The topological polar surface area (TPSA) is 0 Å². The van der Waals surface area contributed by atoms with Crippen molar-refractivity contribution >= 4 is 12.6 Å². The minimum absolute atomic E-state index is 0.681. The van der Waals surface area contributed by atoms with Crippen molar-refractivity contribution in [3.05, 3.63) is 0 Å². The first-order valence-electron chi connectivity index (χ1n) is 10.5. The van der Waals surface area contributed by atoms with Crippen LogP contribution >= 0.6 is 12.6 Å². The fourth-order valence-electron chi connectivity index (χ4n) is 4.83. The maximum absolute atomic E-state index is 4.83. The molecule has 0 N–H and O–H groups in total. The van der Waals surface area contributed by atoms with Gasteiger partial charge in [-0.3, -0.25) is 0 Å². The summed E-state index contributed by atoms with van der Waals surface area (Å²) in [6, 6.07) is 0. The molecule has 0 heterocycles. The first-order valence-corrected chi connectivity index (χ1v) is 11.1. The fraction of sp³-hybridized carbons (Fsp3) is 1.00. The lowest BCUT2D eigenvalue weighted by molar-refractivity contribution is 0.240. The van der Waals surface area contributed by atoms with E-state index in [0.717, 1.165) is 11.8 Å². The largest absolute Gasteiger partial charge is 0.176 e. The van der Waals surface area contributed by atoms with Gasteiger partial charge in [-0.15, -0.1) is 0 Å². The van der Waals surface area contributed by atoms with Crippen LogP contribution in [0.25, 0.3) is 0 Å². The normalized spacial score (nSPS) is 32.0. The van der Waals surface area contributed by atoms with Crippen LogP contribution in [0.15, 0.2) is 0 Å². The van der Waals surface area contributed by atoms with Crippen LogP contribution in [0.3, 0.4) is 0 Å². The van der Waals surface area contributed by atoms with Crippen molar-refractivity contribution in [3.8, 4) is 0 Å². The third kappa shape index (κ3) is 7.75. The van der Waals surface area contributed by atoms with Gasteiger partial charge < -0.3 is 0 Å². The molecular formula is C21H40S. The van der Waals surface area contributed by atoms with E-state index in [-0.39, 0.29) is 0 Å². The van der Waals surface area contributed by atoms with E-state index in [1.807, 2.05) is 0 Å². The molecule has 2 unspecified atom stereocenters. The SMILES string of the molecule is SC1CCCCCCCC(C2CCCCCCCC2)CCC1. The number of hydrogen-bond acceptors (Lipinski definition) is 1. The highest BCUT2D eigenvalue weighted by molar-refractivity contribution is 7.80. The molecule has 0 spiro atoms. The Hall–Kier alpha value is 0.350. The Morgan fingerprint density at radius 1 is 0.364 bits per heavy atom. The summed E-state index contributed by atoms with van der Waals surface area (Å²) >= 11 is 4.83. The molecule has 2 aliphatic rings. The van der Waals surface area contributed by atoms with Gasteiger partial charge in [-0.1, -0.05) is 103 Å². The van der Waals surface area contributed by atoms with Crippen molar-refractivity contribution in [3.63, 3.8) is 0 Å². The molecule has 0 aromatic carbocycles. The summed E-state index contributed by atoms with van der Waals surface area (Å²) < 4.78 is 0. The van der Waals surface area contributed by atoms with E-state index in [4.69, 9.17) is 12.6 Å². The minimum Gasteiger partial charge on any atom is -0.176 e. The Bertz CT molecular complexity index is 253. The van der Waals surface area contributed by atoms with Gasteiger partial charge in [0, 0.05) is 5.25 Å². The molecule has 2 rings (SSSR count). The first kappa shape index (κ1) is 18.7. The molecule has 2 atom stereocenters. The maximum Gasteiger partial charge on any atom is 0.00168 e. The summed E-state index contributed by atoms with van der Waals surface area (Å²) in [5.74, 6) is 2.09. The van der Waals surface area contributed by atoms with Crippen LogP contribution in [-0.2, 0) is 0 Å². The monoisotopic (exact) mass is 324 g/mol. The Kier molecular flexibility index (Phi) is 10.0. The van der Waals surface area contributed by atoms with Gasteiger partial charge >= 0.3 is 0 Å². The summed E-state index contributed by atoms with van der Waals surface area (Å²) in [5.41, 5.74) is 0. The molecule has 0 aliphatic heterocycles. The van der Waals surface area contributed by atoms with Crippen LogP contribution < -0.4 is 0 Å². The van der Waals surface area contributed by atoms with Crippen LogP contribution in [0.2, 0.25) is 0 Å². The lowest BCUT2D eigenvalue weighted by atomic mass is 9.78. The molecule has 130 valence electrons. The molecule has 0 radical (unpaired) electrons. The number of hydrogen-bond donors (Lipinski definition) is 1. The number of rotatable bonds is 1. The molecule has 0 amide bonds. The Morgan fingerprint density at radius 3 is 1.18 bits per heavy atom. The summed E-state index contributed by atoms with van der Waals surface area (Å²) in [6.45, 7) is 0. The molecule has 2 saturated carbocycles. The molecule has 0 aromatic rings. The average Bonchev–Trinajstić information content (AvgIpc) is 2.64. The van der Waals surface area contributed by atoms with Crippen molar-refractivity contribution < 1.29 is 0 Å². The quantitative estimate of drug-likeness (QED) is 0.472. The van der Waals surface area contributed by atoms with E-state index in [2.05, 4.69) is 0 Å². The maximum atomic E-state index is 4.83. The lowest BCUT2D eigenvalue weighted by Crippen LogP contribution is -2.16. The van der Waals surface area contributed by atoms with E-state index < -0.39 is 0 Å². The van der Waals surface area contributed by atoms with E-state index in [1.165, 1.54) is 116 Å². The van der Waals surface area contributed by atoms with Crippen molar-refractivity contribution in [1.82, 2.24) is 0 Å². The molecule has 2 fully saturated rings. The predicted octanol–water partition coefficient (Wildman–Crippen LogP) is 7.57. The van der Waals surface area contributed by atoms with Crippen molar-refractivity contribution in [2.24, 2.45) is 11.8 Å². The van der Waals surface area contributed by atoms with Crippen molar-refractivity contribution in [2.75, 3.05) is 0 Å². The standard InChI is InChI=1S/C21H40S/c22-21-17-11-7-3-6-10-15-20(16-12-18-21)19-13-8-4-1-2-5-9-14-19/h19-22H,1-18H2. The van der Waals surface area contributed by atoms with Crippen molar-refractivity contribution in [1.29, 1.82) is 0 Å². The fourth-order valence-corrected chi connectivity index (χ4v) is 5.19. The van der Waals surface area contributed by atoms with Gasteiger partial charge in [-0.05, 0) is 24.7 Å². The van der Waals surface area contributed by atoms with Crippen LogP contribution in [0, 0.1) is 11.8 Å². The zero-order valence-electron chi connectivity index (χ0n) is 14.9. The van der Waals surface area contributed by atoms with Gasteiger partial charge in [-0.25, -0.2) is 0 Å². The second-order valence-corrected chi connectivity index (χ2v) is 8.88. The van der Waals surface area contributed by atoms with Crippen LogP contribution in [0.1, 0.15) is 116 Å². The van der Waals surface area contributed by atoms with Gasteiger partial charge in [0.1, 0.15) is 0 Å². The molecule has 0 nitrogen and oxygen atoms in total. The average molecular weight is 325 g/mol. The Balaban J connectivity index is 1.85. The molecular weight excluding hydrogens is 284 g/mol. The van der Waals surface area contributed by atoms with Crippen LogP contribution in [0.4, 0.5) is 0 Å². The Labute approximate surface area is 145 Å². The van der Waals surface area contributed by atoms with E-state index in [9.17, 15) is 0 Å². The second-order valence-electron chi connectivity index (χ2n) is 8.15. The highest BCUT2D eigenvalue weighted by Crippen LogP contribution is 2.35. The van der Waals surface area contributed by atoms with Gasteiger partial charge in [-0.2, -0.15) is 12.6 Å². The minimum atomic E-state index is 0.681. The van der Waals surface area contributed by atoms with Gasteiger partial charge in [0.2, 0.25) is 0 Å². The predicted molar refractivity (Wildman–Crippen MR) is 103 cm³/mol. The van der Waals surface area contributed by atoms with Gasteiger partial charge in [0.25, 0.3) is 0 Å². The molecule has 22 heavy (non-hydrogen) atoms. The van der Waals surface area contributed by atoms with Crippen molar-refractivity contribution in [2.45, 2.75) is 121 Å². The highest BCUT2D eigenvalue weighted by Gasteiger charge is 2.21. The first-order chi connectivity index (χ1) is 10.9. The van der Waals surface area contributed by atoms with E-state index >= 15 is 0 Å². The molecule has 1 heteroatoms. The number of thiol groups is 1. The van der Waals surface area contributed by atoms with Gasteiger partial charge in [0.05, 0.1) is 0 Å².